The summed E-state index contributed by atoms with van der Waals surface area (Å²) < 4.78 is 0. The molecule has 1 aliphatic carbocycles. The van der Waals surface area contributed by atoms with E-state index in [4.69, 9.17) is 5.11 Å². The fourth-order valence-electron chi connectivity index (χ4n) is 1.69. The standard InChI is InChI=1S/C15H14O2S/c1-2-11-5-3-4-6-12(8-7-11)13-9-10-14(18-13)15(16)17/h3,6-10H,2,4H2,1H3,(H,16,17)/b8-7-,12-6+. The summed E-state index contributed by atoms with van der Waals surface area (Å²) in [6.45, 7) is 2.10. The van der Waals surface area contributed by atoms with Crippen LogP contribution >= 0.6 is 11.3 Å². The zero-order valence-corrected chi connectivity index (χ0v) is 11.0. The van der Waals surface area contributed by atoms with Gasteiger partial charge in [0.15, 0.2) is 0 Å². The average Bonchev–Trinajstić information content (AvgIpc) is 2.79. The molecule has 0 saturated heterocycles. The molecule has 0 bridgehead atoms. The van der Waals surface area contributed by atoms with Crippen molar-refractivity contribution in [2.24, 2.45) is 0 Å². The third-order valence-corrected chi connectivity index (χ3v) is 3.81. The van der Waals surface area contributed by atoms with Crippen LogP contribution in [-0.2, 0) is 0 Å². The Morgan fingerprint density at radius 1 is 1.44 bits per heavy atom. The highest BCUT2D eigenvalue weighted by atomic mass is 32.1. The van der Waals surface area contributed by atoms with Gasteiger partial charge in [0.1, 0.15) is 4.88 Å². The number of thiophene rings is 1. The Morgan fingerprint density at radius 2 is 2.28 bits per heavy atom. The summed E-state index contributed by atoms with van der Waals surface area (Å²) in [5.74, 6) is -0.865. The molecule has 0 fully saturated rings. The fraction of sp³-hybridized carbons (Fsp3) is 0.200. The number of carboxylic acid groups (broad SMARTS) is 1. The van der Waals surface area contributed by atoms with Gasteiger partial charge in [0.2, 0.25) is 0 Å². The summed E-state index contributed by atoms with van der Waals surface area (Å²) >= 11 is 1.31. The second-order valence-corrected chi connectivity index (χ2v) is 5.01. The van der Waals surface area contributed by atoms with Crippen LogP contribution in [0.1, 0.15) is 34.3 Å². The Labute approximate surface area is 110 Å². The van der Waals surface area contributed by atoms with Crippen LogP contribution in [0, 0.1) is 0 Å². The molecule has 1 aliphatic rings. The molecular formula is C15H14O2S. The van der Waals surface area contributed by atoms with Gasteiger partial charge in [-0.2, -0.15) is 0 Å². The lowest BCUT2D eigenvalue weighted by Gasteiger charge is -2.01. The van der Waals surface area contributed by atoms with Crippen LogP contribution < -0.4 is 0 Å². The van der Waals surface area contributed by atoms with Crippen molar-refractivity contribution < 1.29 is 9.90 Å². The molecule has 0 atom stereocenters. The average molecular weight is 258 g/mol. The molecule has 0 radical (unpaired) electrons. The van der Waals surface area contributed by atoms with Gasteiger partial charge in [0, 0.05) is 4.88 Å². The zero-order valence-electron chi connectivity index (χ0n) is 10.1. The summed E-state index contributed by atoms with van der Waals surface area (Å²) in [7, 11) is 0. The van der Waals surface area contributed by atoms with E-state index in [2.05, 4.69) is 18.7 Å². The molecular weight excluding hydrogens is 244 g/mol. The number of allylic oxidation sites excluding steroid dienone is 5. The molecule has 0 spiro atoms. The first-order valence-electron chi connectivity index (χ1n) is 5.86. The number of hydrogen-bond donors (Lipinski definition) is 1. The molecule has 0 aliphatic heterocycles. The summed E-state index contributed by atoms with van der Waals surface area (Å²) in [4.78, 5) is 12.2. The van der Waals surface area contributed by atoms with Crippen molar-refractivity contribution in [2.75, 3.05) is 0 Å². The molecule has 92 valence electrons. The third kappa shape index (κ3) is 2.89. The van der Waals surface area contributed by atoms with E-state index in [0.717, 1.165) is 28.9 Å². The predicted molar refractivity (Wildman–Crippen MR) is 74.9 cm³/mol. The van der Waals surface area contributed by atoms with Gasteiger partial charge in [0.05, 0.1) is 0 Å². The maximum Gasteiger partial charge on any atom is 0.345 e. The first-order chi connectivity index (χ1) is 8.70. The van der Waals surface area contributed by atoms with Crippen molar-refractivity contribution in [3.05, 3.63) is 57.5 Å². The summed E-state index contributed by atoms with van der Waals surface area (Å²) in [5.41, 5.74) is 5.48. The highest BCUT2D eigenvalue weighted by Crippen LogP contribution is 2.27. The van der Waals surface area contributed by atoms with E-state index in [9.17, 15) is 4.79 Å². The highest BCUT2D eigenvalue weighted by molar-refractivity contribution is 7.15. The quantitative estimate of drug-likeness (QED) is 0.821. The normalized spacial score (nSPS) is 19.4. The molecule has 0 saturated carbocycles. The van der Waals surface area contributed by atoms with Crippen LogP contribution in [0.3, 0.4) is 0 Å². The van der Waals surface area contributed by atoms with E-state index < -0.39 is 5.97 Å². The lowest BCUT2D eigenvalue weighted by Crippen LogP contribution is -1.89. The van der Waals surface area contributed by atoms with Gasteiger partial charge in [-0.3, -0.25) is 0 Å². The molecule has 3 heteroatoms. The Morgan fingerprint density at radius 3 is 2.94 bits per heavy atom. The van der Waals surface area contributed by atoms with Crippen LogP contribution in [0.2, 0.25) is 0 Å². The Kier molecular flexibility index (Phi) is 3.98. The van der Waals surface area contributed by atoms with Crippen molar-refractivity contribution in [3.63, 3.8) is 0 Å². The van der Waals surface area contributed by atoms with Crippen LogP contribution in [0.15, 0.2) is 47.7 Å². The summed E-state index contributed by atoms with van der Waals surface area (Å²) in [5, 5.41) is 8.93. The lowest BCUT2D eigenvalue weighted by molar-refractivity contribution is 0.0702. The number of carbonyl (C=O) groups is 1. The molecule has 18 heavy (non-hydrogen) atoms. The number of rotatable bonds is 3. The number of carboxylic acids is 1. The monoisotopic (exact) mass is 258 g/mol. The number of hydrogen-bond acceptors (Lipinski definition) is 2. The van der Waals surface area contributed by atoms with Crippen molar-refractivity contribution in [3.8, 4) is 0 Å². The molecule has 2 rings (SSSR count). The summed E-state index contributed by atoms with van der Waals surface area (Å²) in [6.07, 6.45) is 9.95. The van der Waals surface area contributed by atoms with Crippen molar-refractivity contribution in [1.82, 2.24) is 0 Å². The predicted octanol–water partition coefficient (Wildman–Crippen LogP) is 4.28. The van der Waals surface area contributed by atoms with E-state index in [0.29, 0.717) is 4.88 Å². The minimum absolute atomic E-state index is 0.378. The van der Waals surface area contributed by atoms with Gasteiger partial charge < -0.3 is 5.11 Å². The van der Waals surface area contributed by atoms with Gasteiger partial charge in [0.25, 0.3) is 0 Å². The molecule has 2 nitrogen and oxygen atoms in total. The largest absolute Gasteiger partial charge is 0.477 e. The molecule has 0 unspecified atom stereocenters. The lowest BCUT2D eigenvalue weighted by atomic mass is 10.1. The van der Waals surface area contributed by atoms with Gasteiger partial charge in [-0.25, -0.2) is 4.79 Å². The van der Waals surface area contributed by atoms with Gasteiger partial charge in [-0.15, -0.1) is 17.1 Å². The molecule has 1 aromatic rings. The van der Waals surface area contributed by atoms with Crippen molar-refractivity contribution >= 4 is 22.9 Å². The molecule has 1 N–H and O–H groups in total. The third-order valence-electron chi connectivity index (χ3n) is 2.69. The van der Waals surface area contributed by atoms with E-state index in [-0.39, 0.29) is 0 Å². The summed E-state index contributed by atoms with van der Waals surface area (Å²) in [6, 6.07) is 3.52. The Hall–Kier alpha value is -1.83. The molecule has 1 heterocycles. The Bertz CT molecular complexity index is 581. The van der Waals surface area contributed by atoms with Crippen molar-refractivity contribution in [1.29, 1.82) is 0 Å². The number of aromatic carboxylic acids is 1. The fourth-order valence-corrected chi connectivity index (χ4v) is 2.56. The topological polar surface area (TPSA) is 37.3 Å². The molecule has 0 aromatic carbocycles. The minimum Gasteiger partial charge on any atom is -0.477 e. The van der Waals surface area contributed by atoms with E-state index in [1.54, 1.807) is 6.07 Å². The van der Waals surface area contributed by atoms with Crippen molar-refractivity contribution in [2.45, 2.75) is 19.8 Å². The zero-order chi connectivity index (χ0) is 13.0. The maximum absolute atomic E-state index is 10.9. The van der Waals surface area contributed by atoms with E-state index >= 15 is 0 Å². The maximum atomic E-state index is 10.9. The highest BCUT2D eigenvalue weighted by Gasteiger charge is 2.08. The second-order valence-electron chi connectivity index (χ2n) is 3.92. The van der Waals surface area contributed by atoms with Gasteiger partial charge in [-0.05, 0) is 42.2 Å². The van der Waals surface area contributed by atoms with Crippen LogP contribution in [0.4, 0.5) is 0 Å². The van der Waals surface area contributed by atoms with E-state index in [1.807, 2.05) is 24.3 Å². The van der Waals surface area contributed by atoms with Gasteiger partial charge in [-0.1, -0.05) is 25.2 Å². The van der Waals surface area contributed by atoms with Gasteiger partial charge >= 0.3 is 5.97 Å². The second kappa shape index (κ2) is 5.67. The smallest absolute Gasteiger partial charge is 0.345 e. The SMILES string of the molecule is CCC1=C=CC/C=C(c2ccc(C(=O)O)s2)\C=C/1. The molecule has 0 amide bonds. The van der Waals surface area contributed by atoms with Crippen LogP contribution in [0.5, 0.6) is 0 Å². The van der Waals surface area contributed by atoms with Crippen LogP contribution in [0.25, 0.3) is 5.57 Å². The van der Waals surface area contributed by atoms with Crippen LogP contribution in [-0.4, -0.2) is 11.1 Å². The first-order valence-corrected chi connectivity index (χ1v) is 6.68. The Balaban J connectivity index is 2.28. The minimum atomic E-state index is -0.865. The molecule has 1 aromatic heterocycles. The van der Waals surface area contributed by atoms with E-state index in [1.165, 1.54) is 11.3 Å². The first kappa shape index (κ1) is 12.6.